The van der Waals surface area contributed by atoms with E-state index < -0.39 is 17.6 Å². The van der Waals surface area contributed by atoms with Crippen molar-refractivity contribution in [2.45, 2.75) is 6.92 Å². The molecule has 0 saturated heterocycles. The Bertz CT molecular complexity index is 892. The minimum Gasteiger partial charge on any atom is -1.00 e. The average molecular weight is 468 g/mol. The van der Waals surface area contributed by atoms with Gasteiger partial charge in [0.2, 0.25) is 0 Å². The summed E-state index contributed by atoms with van der Waals surface area (Å²) in [6, 6.07) is 10.0. The van der Waals surface area contributed by atoms with Crippen molar-refractivity contribution in [1.82, 2.24) is 0 Å². The van der Waals surface area contributed by atoms with Gasteiger partial charge in [0.1, 0.15) is 23.8 Å². The summed E-state index contributed by atoms with van der Waals surface area (Å²) in [6.45, 7) is 1.19. The van der Waals surface area contributed by atoms with E-state index in [4.69, 9.17) is 25.7 Å². The molecule has 2 rings (SSSR count). The van der Waals surface area contributed by atoms with E-state index in [0.29, 0.717) is 5.56 Å². The molecule has 0 saturated carbocycles. The van der Waals surface area contributed by atoms with Crippen LogP contribution in [0.5, 0.6) is 0 Å². The van der Waals surface area contributed by atoms with Crippen LogP contribution < -0.4 is 108 Å². The number of aromatic carboxylic acids is 1. The minimum absolute atomic E-state index is 0. The Hall–Kier alpha value is -0.877. The SMILES string of the molecule is CC(=O)c1ccc(F)c(C#N)c1.N#Cc1cc(C(=O)O)ccc1F.O=CO[O-].[H-].[K+].[K+]. The monoisotopic (exact) mass is 468 g/mol. The molecule has 0 fully saturated rings. The Morgan fingerprint density at radius 2 is 1.40 bits per heavy atom. The molecule has 0 bridgehead atoms. The first-order chi connectivity index (χ1) is 13.2. The largest absolute Gasteiger partial charge is 1.00 e. The van der Waals surface area contributed by atoms with E-state index in [9.17, 15) is 18.4 Å². The molecule has 1 N–H and O–H groups in total. The van der Waals surface area contributed by atoms with Crippen LogP contribution in [0.2, 0.25) is 0 Å². The first kappa shape index (κ1) is 33.8. The number of carbonyl (C=O) groups is 3. The fourth-order valence-corrected chi connectivity index (χ4v) is 1.57. The summed E-state index contributed by atoms with van der Waals surface area (Å²) in [5.41, 5.74) is -0.0847. The van der Waals surface area contributed by atoms with Crippen molar-refractivity contribution in [2.24, 2.45) is 0 Å². The van der Waals surface area contributed by atoms with Crippen LogP contribution in [-0.4, -0.2) is 23.3 Å². The molecule has 0 aliphatic rings. The van der Waals surface area contributed by atoms with Crippen molar-refractivity contribution in [3.63, 3.8) is 0 Å². The van der Waals surface area contributed by atoms with Gasteiger partial charge in [0, 0.05) is 5.56 Å². The maximum atomic E-state index is 12.7. The van der Waals surface area contributed by atoms with Crippen LogP contribution in [0.15, 0.2) is 36.4 Å². The van der Waals surface area contributed by atoms with E-state index in [1.165, 1.54) is 19.1 Å². The van der Waals surface area contributed by atoms with Gasteiger partial charge in [-0.05, 0) is 43.3 Å². The van der Waals surface area contributed by atoms with Crippen molar-refractivity contribution < 1.29 is 143 Å². The number of halogens is 2. The first-order valence-corrected chi connectivity index (χ1v) is 7.07. The number of ketones is 1. The molecule has 0 unspecified atom stereocenters. The topological polar surface area (TPSA) is 151 Å². The molecule has 12 heteroatoms. The third-order valence-corrected chi connectivity index (χ3v) is 2.87. The van der Waals surface area contributed by atoms with Gasteiger partial charge >= 0.3 is 109 Å². The summed E-state index contributed by atoms with van der Waals surface area (Å²) >= 11 is 0. The summed E-state index contributed by atoms with van der Waals surface area (Å²) in [5, 5.41) is 33.7. The van der Waals surface area contributed by atoms with Gasteiger partial charge in [-0.3, -0.25) is 9.59 Å². The zero-order valence-corrected chi connectivity index (χ0v) is 22.4. The molecular formula is C18H12F2K2N2O6. The van der Waals surface area contributed by atoms with Crippen LogP contribution in [0, 0.1) is 34.3 Å². The smallest absolute Gasteiger partial charge is 1.00 e. The fraction of sp³-hybridized carbons (Fsp3) is 0.0556. The summed E-state index contributed by atoms with van der Waals surface area (Å²) in [6.07, 6.45) is 0. The number of carboxylic acids is 1. The first-order valence-electron chi connectivity index (χ1n) is 7.07. The van der Waals surface area contributed by atoms with Crippen LogP contribution in [0.25, 0.3) is 0 Å². The normalized spacial score (nSPS) is 7.93. The molecule has 0 aromatic heterocycles. The number of carbonyl (C=O) groups excluding carboxylic acids is 2. The third kappa shape index (κ3) is 12.7. The molecule has 0 aliphatic carbocycles. The second kappa shape index (κ2) is 18.9. The van der Waals surface area contributed by atoms with Crippen molar-refractivity contribution in [2.75, 3.05) is 0 Å². The summed E-state index contributed by atoms with van der Waals surface area (Å²) < 4.78 is 25.3. The number of hydrogen-bond acceptors (Lipinski definition) is 7. The maximum Gasteiger partial charge on any atom is 1.00 e. The van der Waals surface area contributed by atoms with Crippen LogP contribution in [0.1, 0.15) is 40.2 Å². The molecule has 2 aromatic rings. The minimum atomic E-state index is -1.17. The van der Waals surface area contributed by atoms with Gasteiger partial charge in [-0.2, -0.15) is 10.5 Å². The average Bonchev–Trinajstić information content (AvgIpc) is 2.69. The van der Waals surface area contributed by atoms with E-state index in [-0.39, 0.29) is 133 Å². The van der Waals surface area contributed by atoms with Gasteiger partial charge < -0.3 is 16.7 Å². The van der Waals surface area contributed by atoms with Crippen LogP contribution >= 0.6 is 0 Å². The predicted molar refractivity (Wildman–Crippen MR) is 87.5 cm³/mol. The maximum absolute atomic E-state index is 12.7. The number of rotatable bonds is 3. The Morgan fingerprint density at radius 1 is 1.03 bits per heavy atom. The van der Waals surface area contributed by atoms with E-state index in [1.807, 2.05) is 0 Å². The number of carboxylic acid groups (broad SMARTS) is 1. The zero-order chi connectivity index (χ0) is 21.7. The third-order valence-electron chi connectivity index (χ3n) is 2.87. The van der Waals surface area contributed by atoms with E-state index in [1.54, 1.807) is 12.1 Å². The van der Waals surface area contributed by atoms with Crippen molar-refractivity contribution in [1.29, 1.82) is 10.5 Å². The van der Waals surface area contributed by atoms with Crippen molar-refractivity contribution in [3.8, 4) is 12.1 Å². The number of nitriles is 2. The molecule has 146 valence electrons. The second-order valence-corrected chi connectivity index (χ2v) is 4.67. The number of benzene rings is 2. The molecule has 0 atom stereocenters. The number of nitrogens with zero attached hydrogens (tertiary/aromatic N) is 2. The standard InChI is InChI=1S/C9H6FNO.C8H4FNO2.CH2O3.2K.H/c1-6(12)7-2-3-9(10)8(4-7)5-11;9-7-2-1-5(8(11)12)3-6(7)4-10;2-1-4-3;;;/h2-4H,1H3;1-3H,(H,11,12);1,3H;;;/q;;;2*+1;-1/p-1. The summed E-state index contributed by atoms with van der Waals surface area (Å²) in [4.78, 5) is 32.4. The molecule has 30 heavy (non-hydrogen) atoms. The van der Waals surface area contributed by atoms with Gasteiger partial charge in [0.15, 0.2) is 5.78 Å². The van der Waals surface area contributed by atoms with Crippen molar-refractivity contribution in [3.05, 3.63) is 70.3 Å². The van der Waals surface area contributed by atoms with Crippen molar-refractivity contribution >= 4 is 18.2 Å². The van der Waals surface area contributed by atoms with Gasteiger partial charge in [-0.1, -0.05) is 0 Å². The van der Waals surface area contributed by atoms with Gasteiger partial charge in [-0.15, -0.1) is 0 Å². The van der Waals surface area contributed by atoms with Crippen LogP contribution in [0.3, 0.4) is 0 Å². The van der Waals surface area contributed by atoms with E-state index in [0.717, 1.165) is 24.3 Å². The van der Waals surface area contributed by atoms with Crippen LogP contribution in [0.4, 0.5) is 8.78 Å². The van der Waals surface area contributed by atoms with Gasteiger partial charge in [0.05, 0.1) is 16.7 Å². The predicted octanol–water partition coefficient (Wildman–Crippen LogP) is -4.15. The van der Waals surface area contributed by atoms with Gasteiger partial charge in [-0.25, -0.2) is 13.6 Å². The molecule has 0 aliphatic heterocycles. The molecule has 0 radical (unpaired) electrons. The molecular weight excluding hydrogens is 456 g/mol. The number of Topliss-reactive ketones (excluding diaryl/α,β-unsaturated/α-hetero) is 1. The fourth-order valence-electron chi connectivity index (χ4n) is 1.57. The Labute approximate surface area is 256 Å². The molecule has 0 spiro atoms. The molecule has 0 heterocycles. The Balaban J connectivity index is -0.000000186. The van der Waals surface area contributed by atoms with Gasteiger partial charge in [0.25, 0.3) is 6.47 Å². The molecule has 8 nitrogen and oxygen atoms in total. The summed E-state index contributed by atoms with van der Waals surface area (Å²) in [7, 11) is 0. The number of hydrogen-bond donors (Lipinski definition) is 1. The molecule has 2 aromatic carbocycles. The quantitative estimate of drug-likeness (QED) is 0.157. The second-order valence-electron chi connectivity index (χ2n) is 4.67. The Kier molecular flexibility index (Phi) is 21.2. The van der Waals surface area contributed by atoms with Crippen LogP contribution in [-0.2, 0) is 9.68 Å². The summed E-state index contributed by atoms with van der Waals surface area (Å²) in [5.74, 6) is -2.65. The van der Waals surface area contributed by atoms with E-state index in [2.05, 4.69) is 4.89 Å². The molecule has 0 amide bonds. The zero-order valence-electron chi connectivity index (χ0n) is 17.2. The Morgan fingerprint density at radius 3 is 1.70 bits per heavy atom. The van der Waals surface area contributed by atoms with E-state index >= 15 is 0 Å².